The molecule has 1 aromatic carbocycles. The van der Waals surface area contributed by atoms with Crippen molar-refractivity contribution >= 4 is 0 Å². The van der Waals surface area contributed by atoms with E-state index in [1.807, 2.05) is 0 Å². The summed E-state index contributed by atoms with van der Waals surface area (Å²) in [6.07, 6.45) is 5.41. The van der Waals surface area contributed by atoms with Crippen molar-refractivity contribution in [3.63, 3.8) is 0 Å². The van der Waals surface area contributed by atoms with Gasteiger partial charge in [0.2, 0.25) is 0 Å². The third-order valence-corrected chi connectivity index (χ3v) is 4.92. The van der Waals surface area contributed by atoms with E-state index in [9.17, 15) is 0 Å². The maximum absolute atomic E-state index is 3.92. The lowest BCUT2D eigenvalue weighted by molar-refractivity contribution is 0.237. The molecule has 3 unspecified atom stereocenters. The quantitative estimate of drug-likeness (QED) is 0.815. The van der Waals surface area contributed by atoms with Crippen molar-refractivity contribution in [2.24, 2.45) is 0 Å². The van der Waals surface area contributed by atoms with Crippen LogP contribution in [0.1, 0.15) is 57.9 Å². The predicted octanol–water partition coefficient (Wildman–Crippen LogP) is 4.03. The Hall–Kier alpha value is -0.860. The Kier molecular flexibility index (Phi) is 6.72. The molecule has 2 rings (SSSR count). The molecule has 1 fully saturated rings. The molecule has 118 valence electrons. The molecule has 1 aliphatic rings. The van der Waals surface area contributed by atoms with Crippen LogP contribution in [-0.4, -0.2) is 36.6 Å². The van der Waals surface area contributed by atoms with Gasteiger partial charge in [0.25, 0.3) is 0 Å². The maximum atomic E-state index is 3.92. The smallest absolute Gasteiger partial charge is 0.0169 e. The Labute approximate surface area is 130 Å². The van der Waals surface area contributed by atoms with Crippen LogP contribution in [0.15, 0.2) is 30.3 Å². The summed E-state index contributed by atoms with van der Waals surface area (Å²) in [5, 5.41) is 3.92. The van der Waals surface area contributed by atoms with Crippen LogP contribution in [0.4, 0.5) is 0 Å². The van der Waals surface area contributed by atoms with Crippen LogP contribution in [0.2, 0.25) is 0 Å². The zero-order valence-corrected chi connectivity index (χ0v) is 14.0. The van der Waals surface area contributed by atoms with E-state index < -0.39 is 0 Å². The topological polar surface area (TPSA) is 15.3 Å². The summed E-state index contributed by atoms with van der Waals surface area (Å²) in [6, 6.07) is 12.3. The summed E-state index contributed by atoms with van der Waals surface area (Å²) in [4.78, 5) is 2.51. The molecule has 0 heterocycles. The van der Waals surface area contributed by atoms with Crippen LogP contribution in [0.5, 0.6) is 0 Å². The van der Waals surface area contributed by atoms with Crippen LogP contribution >= 0.6 is 0 Å². The number of benzene rings is 1. The molecule has 1 N–H and O–H groups in total. The third-order valence-electron chi connectivity index (χ3n) is 4.92. The summed E-state index contributed by atoms with van der Waals surface area (Å²) >= 11 is 0. The summed E-state index contributed by atoms with van der Waals surface area (Å²) in [7, 11) is 0. The molecule has 0 aromatic heterocycles. The predicted molar refractivity (Wildman–Crippen MR) is 91.8 cm³/mol. The molecule has 2 nitrogen and oxygen atoms in total. The SMILES string of the molecule is CCN(CC)CC(C)NC1CCCCC1c1ccccc1. The Morgan fingerprint density at radius 3 is 2.43 bits per heavy atom. The van der Waals surface area contributed by atoms with Crippen molar-refractivity contribution in [3.05, 3.63) is 35.9 Å². The number of hydrogen-bond acceptors (Lipinski definition) is 2. The molecule has 0 saturated heterocycles. The minimum absolute atomic E-state index is 0.569. The highest BCUT2D eigenvalue weighted by Crippen LogP contribution is 2.33. The van der Waals surface area contributed by atoms with Gasteiger partial charge in [-0.25, -0.2) is 0 Å². The zero-order chi connectivity index (χ0) is 15.1. The first-order chi connectivity index (χ1) is 10.2. The van der Waals surface area contributed by atoms with Crippen molar-refractivity contribution < 1.29 is 0 Å². The van der Waals surface area contributed by atoms with Gasteiger partial charge in [0.05, 0.1) is 0 Å². The molecule has 21 heavy (non-hydrogen) atoms. The number of hydrogen-bond donors (Lipinski definition) is 1. The van der Waals surface area contributed by atoms with E-state index in [1.165, 1.54) is 31.2 Å². The van der Waals surface area contributed by atoms with E-state index >= 15 is 0 Å². The van der Waals surface area contributed by atoms with Gasteiger partial charge in [0.15, 0.2) is 0 Å². The van der Waals surface area contributed by atoms with Gasteiger partial charge in [-0.3, -0.25) is 0 Å². The van der Waals surface area contributed by atoms with Gasteiger partial charge in [-0.15, -0.1) is 0 Å². The number of nitrogens with one attached hydrogen (secondary N) is 1. The normalized spacial score (nSPS) is 24.2. The lowest BCUT2D eigenvalue weighted by atomic mass is 9.79. The molecule has 1 saturated carbocycles. The minimum Gasteiger partial charge on any atom is -0.310 e. The van der Waals surface area contributed by atoms with Crippen molar-refractivity contribution in [2.45, 2.75) is 64.5 Å². The zero-order valence-electron chi connectivity index (χ0n) is 14.0. The standard InChI is InChI=1S/C19H32N2/c1-4-21(5-2)15-16(3)20-19-14-10-9-13-18(19)17-11-7-6-8-12-17/h6-8,11-12,16,18-20H,4-5,9-10,13-15H2,1-3H3. The van der Waals surface area contributed by atoms with Crippen molar-refractivity contribution in [2.75, 3.05) is 19.6 Å². The van der Waals surface area contributed by atoms with Crippen molar-refractivity contribution in [3.8, 4) is 0 Å². The fraction of sp³-hybridized carbons (Fsp3) is 0.684. The van der Waals surface area contributed by atoms with Gasteiger partial charge in [-0.05, 0) is 44.3 Å². The number of nitrogens with zero attached hydrogens (tertiary/aromatic N) is 1. The third kappa shape index (κ3) is 4.82. The average molecular weight is 288 g/mol. The summed E-state index contributed by atoms with van der Waals surface area (Å²) in [5.74, 6) is 0.694. The number of likely N-dealkylation sites (N-methyl/N-ethyl adjacent to an activating group) is 1. The first-order valence-electron chi connectivity index (χ1n) is 8.78. The summed E-state index contributed by atoms with van der Waals surface area (Å²) in [6.45, 7) is 10.3. The minimum atomic E-state index is 0.569. The fourth-order valence-electron chi connectivity index (χ4n) is 3.72. The van der Waals surface area contributed by atoms with Gasteiger partial charge >= 0.3 is 0 Å². The lowest BCUT2D eigenvalue weighted by Gasteiger charge is -2.36. The largest absolute Gasteiger partial charge is 0.310 e. The Morgan fingerprint density at radius 1 is 1.10 bits per heavy atom. The molecular formula is C19H32N2. The van der Waals surface area contributed by atoms with E-state index in [-0.39, 0.29) is 0 Å². The first-order valence-corrected chi connectivity index (χ1v) is 8.78. The number of rotatable bonds is 7. The molecule has 2 heteroatoms. The second-order valence-corrected chi connectivity index (χ2v) is 6.46. The average Bonchev–Trinajstić information content (AvgIpc) is 2.54. The molecule has 0 bridgehead atoms. The Balaban J connectivity index is 1.96. The highest BCUT2D eigenvalue weighted by molar-refractivity contribution is 5.22. The van der Waals surface area contributed by atoms with Gasteiger partial charge < -0.3 is 10.2 Å². The Bertz CT molecular complexity index is 386. The van der Waals surface area contributed by atoms with Crippen LogP contribution < -0.4 is 5.32 Å². The molecule has 0 spiro atoms. The van der Waals surface area contributed by atoms with Crippen molar-refractivity contribution in [1.29, 1.82) is 0 Å². The molecule has 0 aliphatic heterocycles. The molecule has 3 atom stereocenters. The second-order valence-electron chi connectivity index (χ2n) is 6.46. The van der Waals surface area contributed by atoms with Gasteiger partial charge in [0.1, 0.15) is 0 Å². The summed E-state index contributed by atoms with van der Waals surface area (Å²) < 4.78 is 0. The molecular weight excluding hydrogens is 256 g/mol. The fourth-order valence-corrected chi connectivity index (χ4v) is 3.72. The highest BCUT2D eigenvalue weighted by Gasteiger charge is 2.27. The molecule has 0 amide bonds. The van der Waals surface area contributed by atoms with E-state index in [0.29, 0.717) is 18.0 Å². The van der Waals surface area contributed by atoms with Crippen LogP contribution in [0, 0.1) is 0 Å². The van der Waals surface area contributed by atoms with Crippen LogP contribution in [0.3, 0.4) is 0 Å². The maximum Gasteiger partial charge on any atom is 0.0169 e. The van der Waals surface area contributed by atoms with Crippen LogP contribution in [0.25, 0.3) is 0 Å². The highest BCUT2D eigenvalue weighted by atomic mass is 15.1. The van der Waals surface area contributed by atoms with E-state index in [0.717, 1.165) is 19.6 Å². The van der Waals surface area contributed by atoms with Crippen molar-refractivity contribution in [1.82, 2.24) is 10.2 Å². The molecule has 0 radical (unpaired) electrons. The summed E-state index contributed by atoms with van der Waals surface area (Å²) in [5.41, 5.74) is 1.52. The monoisotopic (exact) mass is 288 g/mol. The van der Waals surface area contributed by atoms with E-state index in [2.05, 4.69) is 61.3 Å². The Morgan fingerprint density at radius 2 is 1.76 bits per heavy atom. The van der Waals surface area contributed by atoms with Gasteiger partial charge in [0, 0.05) is 18.6 Å². The first kappa shape index (κ1) is 16.5. The van der Waals surface area contributed by atoms with Gasteiger partial charge in [-0.1, -0.05) is 57.0 Å². The van der Waals surface area contributed by atoms with Gasteiger partial charge in [-0.2, -0.15) is 0 Å². The second kappa shape index (κ2) is 8.55. The van der Waals surface area contributed by atoms with E-state index in [4.69, 9.17) is 0 Å². The van der Waals surface area contributed by atoms with E-state index in [1.54, 1.807) is 0 Å². The lowest BCUT2D eigenvalue weighted by Crippen LogP contribution is -2.47. The molecule has 1 aromatic rings. The van der Waals surface area contributed by atoms with Crippen LogP contribution in [-0.2, 0) is 0 Å². The molecule has 1 aliphatic carbocycles.